The van der Waals surface area contributed by atoms with Gasteiger partial charge in [-0.25, -0.2) is 0 Å². The number of nitrogens with zero attached hydrogens (tertiary/aromatic N) is 4. The zero-order valence-electron chi connectivity index (χ0n) is 92.8. The van der Waals surface area contributed by atoms with Gasteiger partial charge >= 0.3 is 0 Å². The average molecular weight is 2690 g/mol. The third-order valence-corrected chi connectivity index (χ3v) is 27.5. The summed E-state index contributed by atoms with van der Waals surface area (Å²) in [4.78, 5) is 19.1. The summed E-state index contributed by atoms with van der Waals surface area (Å²) in [6.45, 7) is 57.1. The van der Waals surface area contributed by atoms with Crippen LogP contribution < -0.4 is 0 Å². The molecule has 4 atom stereocenters. The number of benzene rings is 8. The first-order valence-corrected chi connectivity index (χ1v) is 53.2. The number of aromatic nitrogens is 4. The third-order valence-electron chi connectivity index (χ3n) is 27.5. The van der Waals surface area contributed by atoms with E-state index in [2.05, 4.69) is 270 Å². The minimum Gasteiger partial charge on any atom is -0.513 e. The first kappa shape index (κ1) is 128. The number of pyridine rings is 4. The second kappa shape index (κ2) is 62.1. The number of rotatable bonds is 22. The number of aliphatic hydroxyl groups excluding tert-OH is 8. The molecule has 4 radical (unpaired) electrons. The fourth-order valence-electron chi connectivity index (χ4n) is 20.6. The smallest absolute Gasteiger partial charge is 0.0933 e. The molecule has 0 aliphatic heterocycles. The predicted molar refractivity (Wildman–Crippen MR) is 601 cm³/mol. The third kappa shape index (κ3) is 39.0. The van der Waals surface area contributed by atoms with Crippen LogP contribution in [0.3, 0.4) is 0 Å². The number of hydrogen-bond acceptors (Lipinski definition) is 12. The molecule has 16 heteroatoms. The number of aryl methyl sites for hydroxylation is 8. The monoisotopic (exact) mass is 2690 g/mol. The Kier molecular flexibility index (Phi) is 54.6. The molecular weight excluding hydrogens is 2510 g/mol. The van der Waals surface area contributed by atoms with Crippen LogP contribution in [0.5, 0.6) is 0 Å². The summed E-state index contributed by atoms with van der Waals surface area (Å²) in [6.07, 6.45) is 34.8. The summed E-state index contributed by atoms with van der Waals surface area (Å²) in [7, 11) is 0. The molecule has 4 unspecified atom stereocenters. The second-order valence-corrected chi connectivity index (χ2v) is 44.0. The Hall–Kier alpha value is -8.00. The Morgan fingerprint density at radius 2 is 0.664 bits per heavy atom. The van der Waals surface area contributed by atoms with E-state index in [1.165, 1.54) is 234 Å². The molecule has 8 N–H and O–H groups in total. The molecule has 12 nitrogen and oxygen atoms in total. The molecule has 4 saturated carbocycles. The molecule has 800 valence electrons. The van der Waals surface area contributed by atoms with Crippen LogP contribution in [0.2, 0.25) is 0 Å². The Morgan fingerprint density at radius 3 is 0.973 bits per heavy atom. The van der Waals surface area contributed by atoms with Crippen LogP contribution in [0.1, 0.15) is 390 Å². The molecule has 4 heterocycles. The summed E-state index contributed by atoms with van der Waals surface area (Å²) >= 11 is 0. The second-order valence-electron chi connectivity index (χ2n) is 44.0. The van der Waals surface area contributed by atoms with Crippen molar-refractivity contribution in [1.82, 2.24) is 19.9 Å². The molecule has 0 spiro atoms. The van der Waals surface area contributed by atoms with Gasteiger partial charge in [0.05, 0.1) is 47.5 Å². The molecule has 4 fully saturated rings. The van der Waals surface area contributed by atoms with Crippen molar-refractivity contribution in [2.24, 2.45) is 23.7 Å². The van der Waals surface area contributed by atoms with Crippen LogP contribution in [-0.2, 0) is 80.4 Å². The van der Waals surface area contributed by atoms with Gasteiger partial charge < -0.3 is 60.8 Å². The van der Waals surface area contributed by atoms with E-state index in [9.17, 15) is 20.4 Å². The fraction of sp³-hybridized carbons (Fsp3) is 0.477. The first-order valence-electron chi connectivity index (χ1n) is 53.2. The average Bonchev–Trinajstić information content (AvgIpc) is 1.66. The maximum Gasteiger partial charge on any atom is 0.0933 e. The summed E-state index contributed by atoms with van der Waals surface area (Å²) < 4.78 is 0. The maximum atomic E-state index is 9.47. The number of aliphatic hydroxyl groups is 8. The van der Waals surface area contributed by atoms with Gasteiger partial charge in [-0.05, 0) is 310 Å². The van der Waals surface area contributed by atoms with Crippen molar-refractivity contribution in [3.8, 4) is 45.0 Å². The van der Waals surface area contributed by atoms with Gasteiger partial charge in [0.25, 0.3) is 0 Å². The van der Waals surface area contributed by atoms with Crippen molar-refractivity contribution in [2.75, 3.05) is 0 Å². The van der Waals surface area contributed by atoms with Crippen molar-refractivity contribution in [3.63, 3.8) is 0 Å². The van der Waals surface area contributed by atoms with Crippen LogP contribution in [0.15, 0.2) is 193 Å². The van der Waals surface area contributed by atoms with E-state index in [1.54, 1.807) is 42.2 Å². The zero-order chi connectivity index (χ0) is 104. The molecule has 0 amide bonds. The van der Waals surface area contributed by atoms with Crippen LogP contribution >= 0.6 is 0 Å². The first-order chi connectivity index (χ1) is 67.2. The number of allylic oxidation sites excluding steroid dienone is 4. The molecule has 8 aromatic carbocycles. The van der Waals surface area contributed by atoms with Crippen LogP contribution in [0, 0.1) is 103 Å². The molecular formula is C130H172Ir4N4O8-4. The number of fused-ring (bicyclic) bond motifs is 4. The molecule has 4 aromatic heterocycles. The standard InChI is InChI=1S/2C27H30N.2C23H26N.C11H22O2.C9H18O2.2C5H10O2.4Ir/c1-18-13-19(2)15-23(14-18)27-26-17-22(20-7-3-4-8-20)16-25(21-9-5-6-10-21)24(26)11-12-28-27;1-18-13-19(2)15-23(14-18)27-26-17-25(21-9-5-6-10-21)24(20-7-3-4-8-20)16-22(26)11-12-28-27;2*1-14(2)18-12-21(15(3)4)20-7-8-24-23(22(20)13-18)19-10-16(5)9-17(6)11-19;1-8(2)5-10(12)7-11(13)6-9(3)4;1-6(2)8(10)5-9(11)7(3)4;2*1-4(6)3-5(2)7;;;;/h2*11-14,16-17,20-21H,3-10H2,1-2H3;2*7-10,12-15H,1-6H3;7-10,12-13H,5-6H2,1-4H3;5-8,10-11H,1-4H3;2*3-4,6-7H,1-2H3;;;;/q4*-1;;;;;;;;. The normalized spacial score (nSPS) is 15.1. The van der Waals surface area contributed by atoms with Crippen molar-refractivity contribution in [2.45, 2.75) is 381 Å². The van der Waals surface area contributed by atoms with Crippen LogP contribution in [0.4, 0.5) is 0 Å². The molecule has 146 heavy (non-hydrogen) atoms. The Morgan fingerprint density at radius 1 is 0.336 bits per heavy atom. The SMILES string of the molecule is CC(C)C(O)=CC(O)C(C)C.CC(C)CC(O)=CC(O)CC(C)C.CC(O)=CC(C)O.CC(O)=CC(C)O.Cc1[c-]c(-c2nccc3c(C(C)C)cc(C(C)C)cc23)cc(C)c1.Cc1[c-]c(-c2nccc3c(C(C)C)cc(C(C)C)cc23)cc(C)c1.Cc1[c-]c(-c2nccc3c(C4CCCC4)cc(C4CCCC4)cc23)cc(C)c1.Cc1[c-]c(-c2nccc3cc(C4CCCC4)c(C4CCCC4)cc23)cc(C)c1.[Ir].[Ir].[Ir].[Ir]. The molecule has 0 bridgehead atoms. The van der Waals surface area contributed by atoms with Gasteiger partial charge in [0.2, 0.25) is 0 Å². The van der Waals surface area contributed by atoms with E-state index in [0.29, 0.717) is 54.1 Å². The van der Waals surface area contributed by atoms with Gasteiger partial charge in [0, 0.05) is 118 Å². The summed E-state index contributed by atoms with van der Waals surface area (Å²) in [5.41, 5.74) is 30.5. The molecule has 4 aliphatic carbocycles. The Balaban J connectivity index is 0.000000305. The van der Waals surface area contributed by atoms with Crippen LogP contribution in [-0.4, -0.2) is 85.2 Å². The Bertz CT molecular complexity index is 5970. The molecule has 16 rings (SSSR count). The van der Waals surface area contributed by atoms with Gasteiger partial charge in [-0.3, -0.25) is 0 Å². The van der Waals surface area contributed by atoms with Crippen molar-refractivity contribution in [3.05, 3.63) is 307 Å². The van der Waals surface area contributed by atoms with Crippen molar-refractivity contribution in [1.29, 1.82) is 0 Å². The van der Waals surface area contributed by atoms with E-state index >= 15 is 0 Å². The van der Waals surface area contributed by atoms with E-state index in [1.807, 2.05) is 66.3 Å². The summed E-state index contributed by atoms with van der Waals surface area (Å²) in [5.74, 6) is 7.02. The largest absolute Gasteiger partial charge is 0.513 e. The van der Waals surface area contributed by atoms with E-state index in [4.69, 9.17) is 40.4 Å². The minimum atomic E-state index is -0.537. The van der Waals surface area contributed by atoms with Crippen LogP contribution in [0.25, 0.3) is 88.1 Å². The van der Waals surface area contributed by atoms with Gasteiger partial charge in [0.1, 0.15) is 0 Å². The van der Waals surface area contributed by atoms with Gasteiger partial charge in [-0.15, -0.1) is 140 Å². The maximum absolute atomic E-state index is 9.47. The van der Waals surface area contributed by atoms with Crippen molar-refractivity contribution < 1.29 is 121 Å². The predicted octanol–water partition coefficient (Wildman–Crippen LogP) is 35.0. The summed E-state index contributed by atoms with van der Waals surface area (Å²) in [5, 5.41) is 81.8. The Labute approximate surface area is 933 Å². The number of hydrogen-bond donors (Lipinski definition) is 8. The zero-order valence-corrected chi connectivity index (χ0v) is 102. The minimum absolute atomic E-state index is 0. The molecule has 12 aromatic rings. The molecule has 0 saturated heterocycles. The van der Waals surface area contributed by atoms with E-state index < -0.39 is 24.4 Å². The van der Waals surface area contributed by atoms with E-state index in [0.717, 1.165) is 79.8 Å². The molecule has 4 aliphatic rings. The van der Waals surface area contributed by atoms with E-state index in [-0.39, 0.29) is 110 Å². The topological polar surface area (TPSA) is 213 Å². The van der Waals surface area contributed by atoms with Gasteiger partial charge in [-0.2, -0.15) is 0 Å². The quantitative estimate of drug-likeness (QED) is 0.0235. The van der Waals surface area contributed by atoms with Gasteiger partial charge in [0.15, 0.2) is 0 Å². The summed E-state index contributed by atoms with van der Waals surface area (Å²) in [6, 6.07) is 59.9. The van der Waals surface area contributed by atoms with Gasteiger partial charge in [-0.1, -0.05) is 266 Å². The van der Waals surface area contributed by atoms with Crippen molar-refractivity contribution >= 4 is 43.1 Å². The fourth-order valence-corrected chi connectivity index (χ4v) is 20.6.